The Bertz CT molecular complexity index is 476. The number of benzene rings is 2. The highest BCUT2D eigenvalue weighted by Crippen LogP contribution is 2.30. The van der Waals surface area contributed by atoms with E-state index in [2.05, 4.69) is 61.5 Å². The first kappa shape index (κ1) is 12.8. The molecule has 1 atom stereocenters. The van der Waals surface area contributed by atoms with Crippen molar-refractivity contribution in [1.82, 2.24) is 0 Å². The van der Waals surface area contributed by atoms with Crippen LogP contribution in [0, 0.1) is 0 Å². The van der Waals surface area contributed by atoms with Crippen molar-refractivity contribution in [2.45, 2.75) is 25.7 Å². The van der Waals surface area contributed by atoms with E-state index in [1.165, 1.54) is 16.7 Å². The maximum atomic E-state index is 5.71. The molecule has 2 aromatic carbocycles. The minimum absolute atomic E-state index is 0.481. The zero-order valence-corrected chi connectivity index (χ0v) is 11.0. The molecule has 0 aromatic heterocycles. The second-order valence-electron chi connectivity index (χ2n) is 4.61. The van der Waals surface area contributed by atoms with E-state index in [0.29, 0.717) is 12.5 Å². The van der Waals surface area contributed by atoms with E-state index in [-0.39, 0.29) is 0 Å². The van der Waals surface area contributed by atoms with Gasteiger partial charge in [-0.2, -0.15) is 0 Å². The van der Waals surface area contributed by atoms with Gasteiger partial charge < -0.3 is 5.73 Å². The lowest BCUT2D eigenvalue weighted by atomic mass is 9.85. The van der Waals surface area contributed by atoms with E-state index < -0.39 is 0 Å². The molecular formula is C17H21N. The summed E-state index contributed by atoms with van der Waals surface area (Å²) < 4.78 is 0. The van der Waals surface area contributed by atoms with Gasteiger partial charge in [0, 0.05) is 5.92 Å². The monoisotopic (exact) mass is 239 g/mol. The molecule has 0 saturated heterocycles. The van der Waals surface area contributed by atoms with Crippen molar-refractivity contribution >= 4 is 0 Å². The van der Waals surface area contributed by atoms with Crippen molar-refractivity contribution in [3.63, 3.8) is 0 Å². The molecular weight excluding hydrogens is 218 g/mol. The molecule has 0 amide bonds. The Kier molecular flexibility index (Phi) is 4.54. The predicted molar refractivity (Wildman–Crippen MR) is 77.8 cm³/mol. The van der Waals surface area contributed by atoms with Crippen LogP contribution in [0.4, 0.5) is 0 Å². The molecule has 0 aliphatic rings. The molecule has 1 unspecified atom stereocenters. The fraction of sp³-hybridized carbons (Fsp3) is 0.294. The molecule has 0 aliphatic carbocycles. The molecule has 2 aromatic rings. The van der Waals surface area contributed by atoms with Crippen molar-refractivity contribution in [1.29, 1.82) is 0 Å². The smallest absolute Gasteiger partial charge is 0.00894 e. The van der Waals surface area contributed by atoms with Gasteiger partial charge in [-0.25, -0.2) is 0 Å². The van der Waals surface area contributed by atoms with Gasteiger partial charge in [0.1, 0.15) is 0 Å². The van der Waals surface area contributed by atoms with Crippen molar-refractivity contribution in [2.24, 2.45) is 5.73 Å². The average molecular weight is 239 g/mol. The van der Waals surface area contributed by atoms with Crippen LogP contribution in [-0.4, -0.2) is 6.54 Å². The van der Waals surface area contributed by atoms with Crippen molar-refractivity contribution in [3.05, 3.63) is 71.3 Å². The Balaban J connectivity index is 2.39. The van der Waals surface area contributed by atoms with Crippen LogP contribution < -0.4 is 5.73 Å². The third-order valence-corrected chi connectivity index (χ3v) is 3.45. The Morgan fingerprint density at radius 2 is 1.61 bits per heavy atom. The summed E-state index contributed by atoms with van der Waals surface area (Å²) in [4.78, 5) is 0. The maximum absolute atomic E-state index is 5.71. The minimum Gasteiger partial charge on any atom is -0.330 e. The highest BCUT2D eigenvalue weighted by atomic mass is 14.5. The zero-order chi connectivity index (χ0) is 12.8. The van der Waals surface area contributed by atoms with Crippen molar-refractivity contribution in [3.8, 4) is 0 Å². The summed E-state index contributed by atoms with van der Waals surface area (Å²) in [6.45, 7) is 2.96. The molecule has 0 bridgehead atoms. The van der Waals surface area contributed by atoms with Gasteiger partial charge in [0.25, 0.3) is 0 Å². The molecule has 1 heteroatoms. The molecule has 0 fully saturated rings. The fourth-order valence-corrected chi connectivity index (χ4v) is 2.58. The number of nitrogens with two attached hydrogens (primary N) is 1. The van der Waals surface area contributed by atoms with Gasteiger partial charge in [-0.3, -0.25) is 0 Å². The van der Waals surface area contributed by atoms with Gasteiger partial charge in [-0.05, 0) is 36.1 Å². The summed E-state index contributed by atoms with van der Waals surface area (Å²) in [6, 6.07) is 19.4. The van der Waals surface area contributed by atoms with E-state index in [1.807, 2.05) is 0 Å². The van der Waals surface area contributed by atoms with Gasteiger partial charge >= 0.3 is 0 Å². The molecule has 0 heterocycles. The van der Waals surface area contributed by atoms with E-state index in [9.17, 15) is 0 Å². The Morgan fingerprint density at radius 3 is 2.28 bits per heavy atom. The Labute approximate surface area is 110 Å². The predicted octanol–water partition coefficient (Wildman–Crippen LogP) is 3.73. The third kappa shape index (κ3) is 2.80. The van der Waals surface area contributed by atoms with Gasteiger partial charge in [-0.1, -0.05) is 61.5 Å². The van der Waals surface area contributed by atoms with Gasteiger partial charge in [0.15, 0.2) is 0 Å². The lowest BCUT2D eigenvalue weighted by Crippen LogP contribution is -2.08. The summed E-state index contributed by atoms with van der Waals surface area (Å²) >= 11 is 0. The summed E-state index contributed by atoms with van der Waals surface area (Å²) in [7, 11) is 0. The standard InChI is InChI=1S/C17H21N/c1-2-16(14-8-4-3-5-9-14)17-11-7-6-10-15(17)12-13-18/h3-11,16H,2,12-13,18H2,1H3. The van der Waals surface area contributed by atoms with Crippen LogP contribution in [0.2, 0.25) is 0 Å². The molecule has 0 spiro atoms. The quantitative estimate of drug-likeness (QED) is 0.845. The van der Waals surface area contributed by atoms with E-state index in [0.717, 1.165) is 12.8 Å². The molecule has 18 heavy (non-hydrogen) atoms. The SMILES string of the molecule is CCC(c1ccccc1)c1ccccc1CCN. The molecule has 2 N–H and O–H groups in total. The average Bonchev–Trinajstić information content (AvgIpc) is 2.43. The summed E-state index contributed by atoms with van der Waals surface area (Å²) in [6.07, 6.45) is 2.07. The fourth-order valence-electron chi connectivity index (χ4n) is 2.58. The molecule has 0 aliphatic heterocycles. The van der Waals surface area contributed by atoms with Gasteiger partial charge in [-0.15, -0.1) is 0 Å². The number of hydrogen-bond acceptors (Lipinski definition) is 1. The van der Waals surface area contributed by atoms with E-state index in [1.54, 1.807) is 0 Å². The molecule has 2 rings (SSSR count). The Morgan fingerprint density at radius 1 is 0.944 bits per heavy atom. The number of hydrogen-bond donors (Lipinski definition) is 1. The van der Waals surface area contributed by atoms with Crippen LogP contribution in [-0.2, 0) is 6.42 Å². The molecule has 0 saturated carbocycles. The van der Waals surface area contributed by atoms with Gasteiger partial charge in [0.2, 0.25) is 0 Å². The van der Waals surface area contributed by atoms with Crippen LogP contribution in [0.25, 0.3) is 0 Å². The van der Waals surface area contributed by atoms with E-state index >= 15 is 0 Å². The second kappa shape index (κ2) is 6.36. The van der Waals surface area contributed by atoms with Crippen LogP contribution in [0.5, 0.6) is 0 Å². The molecule has 94 valence electrons. The number of rotatable bonds is 5. The van der Waals surface area contributed by atoms with Crippen molar-refractivity contribution < 1.29 is 0 Å². The minimum atomic E-state index is 0.481. The first-order valence-corrected chi connectivity index (χ1v) is 6.69. The van der Waals surface area contributed by atoms with Crippen LogP contribution in [0.3, 0.4) is 0 Å². The lowest BCUT2D eigenvalue weighted by Gasteiger charge is -2.19. The van der Waals surface area contributed by atoms with E-state index in [4.69, 9.17) is 5.73 Å². The normalized spacial score (nSPS) is 12.3. The highest BCUT2D eigenvalue weighted by molar-refractivity contribution is 5.38. The molecule has 0 radical (unpaired) electrons. The van der Waals surface area contributed by atoms with Crippen LogP contribution >= 0.6 is 0 Å². The summed E-state index contributed by atoms with van der Waals surface area (Å²) in [5.74, 6) is 0.481. The Hall–Kier alpha value is -1.60. The van der Waals surface area contributed by atoms with Crippen molar-refractivity contribution in [2.75, 3.05) is 6.54 Å². The van der Waals surface area contributed by atoms with Crippen LogP contribution in [0.1, 0.15) is 36.0 Å². The van der Waals surface area contributed by atoms with Crippen LogP contribution in [0.15, 0.2) is 54.6 Å². The first-order valence-electron chi connectivity index (χ1n) is 6.69. The lowest BCUT2D eigenvalue weighted by molar-refractivity contribution is 0.761. The highest BCUT2D eigenvalue weighted by Gasteiger charge is 2.14. The molecule has 1 nitrogen and oxygen atoms in total. The first-order chi connectivity index (χ1) is 8.86. The summed E-state index contributed by atoms with van der Waals surface area (Å²) in [5.41, 5.74) is 9.92. The summed E-state index contributed by atoms with van der Waals surface area (Å²) in [5, 5.41) is 0. The zero-order valence-electron chi connectivity index (χ0n) is 11.0. The maximum Gasteiger partial charge on any atom is 0.00894 e. The largest absolute Gasteiger partial charge is 0.330 e. The topological polar surface area (TPSA) is 26.0 Å². The second-order valence-corrected chi connectivity index (χ2v) is 4.61. The third-order valence-electron chi connectivity index (χ3n) is 3.45. The van der Waals surface area contributed by atoms with Gasteiger partial charge in [0.05, 0.1) is 0 Å².